The molecule has 12 aromatic rings. The molecule has 2 radical (unpaired) electrons. The molecule has 13 heterocycles. The van der Waals surface area contributed by atoms with Crippen LogP contribution in [-0.2, 0) is 0 Å². The van der Waals surface area contributed by atoms with Gasteiger partial charge in [-0.15, -0.1) is 15.3 Å². The largest absolute Gasteiger partial charge is 0.393 e. The predicted molar refractivity (Wildman–Crippen MR) is 435 cm³/mol. The van der Waals surface area contributed by atoms with E-state index in [0.717, 1.165) is 139 Å². The first-order valence-electron chi connectivity index (χ1n) is 39.9. The van der Waals surface area contributed by atoms with E-state index in [0.29, 0.717) is 70.5 Å². The third kappa shape index (κ3) is 22.1. The summed E-state index contributed by atoms with van der Waals surface area (Å²) in [5.41, 5.74) is 5.53. The predicted octanol–water partition coefficient (Wildman–Crippen LogP) is 19.5. The third-order valence-electron chi connectivity index (χ3n) is 20.9. The van der Waals surface area contributed by atoms with Crippen molar-refractivity contribution in [2.45, 2.75) is 190 Å². The number of fused-ring (bicyclic) bond motifs is 3. The van der Waals surface area contributed by atoms with Crippen LogP contribution in [0.5, 0.6) is 0 Å². The van der Waals surface area contributed by atoms with Crippen LogP contribution in [0.2, 0.25) is 4.44 Å². The van der Waals surface area contributed by atoms with Crippen LogP contribution in [-0.4, -0.2) is 135 Å². The monoisotopic (exact) mass is 1740 g/mol. The van der Waals surface area contributed by atoms with Crippen molar-refractivity contribution in [2.75, 3.05) is 52.3 Å². The first-order chi connectivity index (χ1) is 55.4. The molecule has 4 saturated heterocycles. The standard InChI is InChI=1S/C26H26F2N6O.C21H16F3N5.C16H13BrF2N4.C8H18.C6H12O.C5H3FN.C4H9.Sn/c27-17-6-7-20(28)19(15-17)22-4-2-12-33(22)26-9-8-24-29-16-23(34(24)31-26)21-3-1-5-25(30-21)32-13-10-18(35)11-14-32;22-13-6-7-15(23)14(11-13)17-4-2-10-28(17)21-9-8-20-25-12-18(29(20)27-21)16-3-1-5-19(24)26-16;17-14-9-20-15-5-6-16(21-23(14)15)22-7-1-2-13(22)11-8-10(18)3-4-12(11)19;1-3-5-7-8-6-4-2;7-6-4-2-1-3-5-6;6-5-3-1-2-4-7-5;1-3-4-2;/h1,3,5-9,15-16,18,22,35H,2,4,10-14H2;1,3,5-9,11-12,17H,2,4,10H2;3-6,8-9,13H,1-2,7H2;3-8H2,1-2H3;6-7H,1-5H2;1-3H;1,3-4H2,2H3;. The molecule has 3 unspecified atom stereocenters. The first-order valence-corrected chi connectivity index (χ1v) is 44.1. The molecule has 3 atom stereocenters. The molecule has 600 valence electrons. The minimum atomic E-state index is -0.588. The van der Waals surface area contributed by atoms with E-state index in [9.17, 15) is 40.2 Å². The Labute approximate surface area is 678 Å². The molecule has 28 heteroatoms. The maximum Gasteiger partial charge on any atom is 0.213 e. The summed E-state index contributed by atoms with van der Waals surface area (Å²) < 4.78 is 118. The van der Waals surface area contributed by atoms with Crippen LogP contribution >= 0.6 is 15.9 Å². The number of aromatic nitrogens is 12. The number of benzene rings is 3. The van der Waals surface area contributed by atoms with Gasteiger partial charge in [0.15, 0.2) is 16.9 Å². The van der Waals surface area contributed by atoms with Gasteiger partial charge in [0.25, 0.3) is 0 Å². The smallest absolute Gasteiger partial charge is 0.213 e. The fourth-order valence-corrected chi connectivity index (χ4v) is 18.7. The second-order valence-corrected chi connectivity index (χ2v) is 33.8. The van der Waals surface area contributed by atoms with Crippen molar-refractivity contribution in [2.24, 2.45) is 0 Å². The van der Waals surface area contributed by atoms with Gasteiger partial charge in [0.1, 0.15) is 74.2 Å². The van der Waals surface area contributed by atoms with Gasteiger partial charge in [-0.3, -0.25) is 0 Å². The Bertz CT molecular complexity index is 5080. The SMILES string of the molecule is CCCCCCCC.CCC[CH2][Sn][c]1cccc(F)n1.Fc1ccc(F)c(C2CCCN2c2ccc3ncc(-c4cccc(F)n4)n3n2)c1.Fc1ccc(F)c(C2CCCN2c2ccc3ncc(Br)n3n2)c1.OC1CCCCC1.OC1CCN(c2cccc(-c3cnc4ccc(N5CCCC5c5cc(F)ccc5F)nn34)n2)CC1. The average Bonchev–Trinajstić information content (AvgIpc) is 1.63. The van der Waals surface area contributed by atoms with Gasteiger partial charge in [0.05, 0.1) is 60.3 Å². The van der Waals surface area contributed by atoms with E-state index in [2.05, 4.69) is 76.7 Å². The van der Waals surface area contributed by atoms with E-state index < -0.39 is 56.2 Å². The molecule has 4 aliphatic heterocycles. The van der Waals surface area contributed by atoms with Crippen LogP contribution in [0.3, 0.4) is 0 Å². The number of rotatable bonds is 18. The molecule has 18 nitrogen and oxygen atoms in total. The molecular weight excluding hydrogens is 1640 g/mol. The summed E-state index contributed by atoms with van der Waals surface area (Å²) >= 11 is 2.84. The second-order valence-electron chi connectivity index (χ2n) is 29.1. The second kappa shape index (κ2) is 41.4. The molecule has 1 saturated carbocycles. The molecule has 114 heavy (non-hydrogen) atoms. The summed E-state index contributed by atoms with van der Waals surface area (Å²) in [6.07, 6.45) is 28.0. The van der Waals surface area contributed by atoms with Gasteiger partial charge in [0, 0.05) is 49.4 Å². The van der Waals surface area contributed by atoms with Crippen molar-refractivity contribution in [3.05, 3.63) is 232 Å². The summed E-state index contributed by atoms with van der Waals surface area (Å²) in [5, 5.41) is 32.8. The number of hydrogen-bond acceptors (Lipinski definition) is 15. The Balaban J connectivity index is 0.000000137. The van der Waals surface area contributed by atoms with E-state index in [4.69, 9.17) is 15.2 Å². The maximum absolute atomic E-state index is 14.6. The summed E-state index contributed by atoms with van der Waals surface area (Å²) in [4.78, 5) is 33.8. The van der Waals surface area contributed by atoms with Gasteiger partial charge in [-0.1, -0.05) is 83.8 Å². The summed E-state index contributed by atoms with van der Waals surface area (Å²) in [6.45, 7) is 10.3. The topological polar surface area (TPSA) is 183 Å². The van der Waals surface area contributed by atoms with E-state index in [1.54, 1.807) is 62.5 Å². The Morgan fingerprint density at radius 3 is 1.26 bits per heavy atom. The molecule has 0 amide bonds. The molecule has 3 aromatic carbocycles. The Kier molecular flexibility index (Phi) is 30.6. The number of anilines is 4. The molecule has 0 spiro atoms. The third-order valence-corrected chi connectivity index (χ3v) is 25.0. The zero-order chi connectivity index (χ0) is 80.0. The normalized spacial score (nSPS) is 17.1. The molecule has 5 aliphatic rings. The number of aliphatic hydroxyl groups is 2. The summed E-state index contributed by atoms with van der Waals surface area (Å²) in [6, 6.07) is 36.6. The van der Waals surface area contributed by atoms with Crippen molar-refractivity contribution in [3.8, 4) is 22.8 Å². The zero-order valence-electron chi connectivity index (χ0n) is 64.5. The molecule has 5 fully saturated rings. The van der Waals surface area contributed by atoms with Gasteiger partial charge < -0.3 is 29.8 Å². The number of halogens is 9. The number of piperidine rings is 1. The van der Waals surface area contributed by atoms with Crippen LogP contribution in [0, 0.1) is 46.8 Å². The average molecular weight is 1740 g/mol. The minimum absolute atomic E-state index is 0.0359. The first kappa shape index (κ1) is 84.2. The Morgan fingerprint density at radius 1 is 0.395 bits per heavy atom. The molecular formula is C86H97BrF8N16O2Sn. The number of hydrogen-bond donors (Lipinski definition) is 2. The summed E-state index contributed by atoms with van der Waals surface area (Å²) in [5.74, 6) is -0.585. The zero-order valence-corrected chi connectivity index (χ0v) is 69.0. The van der Waals surface area contributed by atoms with Crippen LogP contribution < -0.4 is 23.3 Å². The van der Waals surface area contributed by atoms with Gasteiger partial charge in [-0.25, -0.2) is 64.8 Å². The van der Waals surface area contributed by atoms with E-state index >= 15 is 0 Å². The maximum atomic E-state index is 14.6. The van der Waals surface area contributed by atoms with Gasteiger partial charge in [-0.2, -0.15) is 4.39 Å². The van der Waals surface area contributed by atoms with Crippen LogP contribution in [0.25, 0.3) is 39.7 Å². The number of imidazole rings is 3. The van der Waals surface area contributed by atoms with Crippen molar-refractivity contribution in [1.29, 1.82) is 0 Å². The number of unbranched alkanes of at least 4 members (excludes halogenated alkanes) is 6. The van der Waals surface area contributed by atoms with Crippen LogP contribution in [0.1, 0.15) is 190 Å². The molecule has 0 bridgehead atoms. The van der Waals surface area contributed by atoms with E-state index in [1.807, 2.05) is 63.2 Å². The van der Waals surface area contributed by atoms with Crippen molar-refractivity contribution in [3.63, 3.8) is 0 Å². The van der Waals surface area contributed by atoms with Gasteiger partial charge >= 0.3 is 82.6 Å². The Morgan fingerprint density at radius 2 is 0.816 bits per heavy atom. The van der Waals surface area contributed by atoms with Crippen molar-refractivity contribution >= 4 is 81.0 Å². The molecule has 9 aromatic heterocycles. The molecule has 2 N–H and O–H groups in total. The number of pyridine rings is 3. The van der Waals surface area contributed by atoms with Crippen molar-refractivity contribution < 1.29 is 45.3 Å². The van der Waals surface area contributed by atoms with Crippen LogP contribution in [0.15, 0.2) is 169 Å². The van der Waals surface area contributed by atoms with E-state index in [-0.39, 0.29) is 42.1 Å². The fraction of sp³-hybridized carbons (Fsp3) is 0.407. The quantitative estimate of drug-likeness (QED) is 0.0358. The van der Waals surface area contributed by atoms with E-state index in [1.165, 1.54) is 118 Å². The van der Waals surface area contributed by atoms with Gasteiger partial charge in [0.2, 0.25) is 5.95 Å². The number of nitrogens with zero attached hydrogens (tertiary/aromatic N) is 16. The van der Waals surface area contributed by atoms with Crippen LogP contribution in [0.4, 0.5) is 58.4 Å². The Hall–Kier alpha value is -9.19. The van der Waals surface area contributed by atoms with Crippen molar-refractivity contribution in [1.82, 2.24) is 58.7 Å². The minimum Gasteiger partial charge on any atom is -0.393 e. The fourth-order valence-electron chi connectivity index (χ4n) is 15.0. The number of aliphatic hydroxyl groups excluding tert-OH is 2. The molecule has 17 rings (SSSR count). The summed E-state index contributed by atoms with van der Waals surface area (Å²) in [7, 11) is 0. The van der Waals surface area contributed by atoms with Gasteiger partial charge in [-0.05, 0) is 195 Å². The molecule has 1 aliphatic carbocycles.